The van der Waals surface area contributed by atoms with Crippen molar-refractivity contribution in [1.82, 2.24) is 34.5 Å². The van der Waals surface area contributed by atoms with Crippen molar-refractivity contribution in [1.29, 1.82) is 0 Å². The van der Waals surface area contributed by atoms with E-state index in [-0.39, 0.29) is 28.8 Å². The monoisotopic (exact) mass is 503 g/mol. The Bertz CT molecular complexity index is 1130. The molecule has 4 fully saturated rings. The number of carbonyl (C=O) groups is 1. The van der Waals surface area contributed by atoms with Crippen LogP contribution >= 0.6 is 0 Å². The molecule has 0 radical (unpaired) electrons. The minimum absolute atomic E-state index is 0.0193. The first-order chi connectivity index (χ1) is 16.3. The number of urea groups is 1. The number of hydrogen-bond acceptors (Lipinski definition) is 4. The first-order valence-corrected chi connectivity index (χ1v) is 11.5. The fraction of sp³-hybridized carbons (Fsp3) is 0.714. The van der Waals surface area contributed by atoms with Crippen molar-refractivity contribution in [2.75, 3.05) is 26.2 Å². The molecule has 4 aliphatic rings. The fourth-order valence-corrected chi connectivity index (χ4v) is 6.42. The number of amides is 2. The zero-order valence-corrected chi connectivity index (χ0v) is 18.5. The molecule has 2 amide bonds. The Morgan fingerprint density at radius 2 is 1.57 bits per heavy atom. The van der Waals surface area contributed by atoms with Crippen LogP contribution in [0.15, 0.2) is 12.5 Å². The van der Waals surface area contributed by atoms with Gasteiger partial charge in [0.1, 0.15) is 12.2 Å². The van der Waals surface area contributed by atoms with Crippen LogP contribution in [0.5, 0.6) is 0 Å². The lowest BCUT2D eigenvalue weighted by atomic mass is 9.57. The second-order valence-electron chi connectivity index (χ2n) is 10.8. The molecule has 2 spiro atoms. The van der Waals surface area contributed by atoms with Gasteiger partial charge in [0.2, 0.25) is 0 Å². The van der Waals surface area contributed by atoms with Crippen molar-refractivity contribution in [3.05, 3.63) is 29.9 Å². The second-order valence-corrected chi connectivity index (χ2v) is 10.8. The smallest absolute Gasteiger partial charge is 0.348 e. The Morgan fingerprint density at radius 3 is 2.09 bits per heavy atom. The normalized spacial score (nSPS) is 23.7. The van der Waals surface area contributed by atoms with Gasteiger partial charge in [-0.25, -0.2) is 19.4 Å². The number of likely N-dealkylation sites (tertiary alicyclic amines) is 2. The summed E-state index contributed by atoms with van der Waals surface area (Å²) in [6.45, 7) is 2.49. The van der Waals surface area contributed by atoms with E-state index in [1.165, 1.54) is 4.68 Å². The van der Waals surface area contributed by atoms with E-state index in [4.69, 9.17) is 0 Å². The van der Waals surface area contributed by atoms with Gasteiger partial charge in [0.15, 0.2) is 5.69 Å². The highest BCUT2D eigenvalue weighted by Crippen LogP contribution is 2.56. The van der Waals surface area contributed by atoms with Crippen LogP contribution in [0.3, 0.4) is 0 Å². The van der Waals surface area contributed by atoms with Crippen molar-refractivity contribution in [3.8, 4) is 0 Å². The number of carbonyl (C=O) groups excluding carboxylic acids is 1. The first kappa shape index (κ1) is 22.7. The average Bonchev–Trinajstić information content (AvgIpc) is 3.29. The summed E-state index contributed by atoms with van der Waals surface area (Å²) in [5.74, 6) is -0.535. The van der Waals surface area contributed by atoms with E-state index in [0.29, 0.717) is 51.3 Å². The molecule has 2 aromatic heterocycles. The molecule has 0 atom stereocenters. The van der Waals surface area contributed by atoms with Gasteiger partial charge in [-0.2, -0.15) is 26.3 Å². The van der Waals surface area contributed by atoms with Crippen molar-refractivity contribution >= 4 is 6.03 Å². The Morgan fingerprint density at radius 1 is 0.971 bits per heavy atom. The summed E-state index contributed by atoms with van der Waals surface area (Å²) in [7, 11) is 0. The van der Waals surface area contributed by atoms with Gasteiger partial charge in [0.05, 0.1) is 6.04 Å². The second kappa shape index (κ2) is 7.12. The molecule has 2 saturated carbocycles. The van der Waals surface area contributed by atoms with E-state index in [9.17, 15) is 31.1 Å². The molecule has 35 heavy (non-hydrogen) atoms. The molecule has 4 heterocycles. The third kappa shape index (κ3) is 3.84. The van der Waals surface area contributed by atoms with Gasteiger partial charge in [-0.05, 0) is 31.6 Å². The van der Waals surface area contributed by atoms with Crippen molar-refractivity contribution in [3.63, 3.8) is 0 Å². The molecule has 0 unspecified atom stereocenters. The third-order valence-electron chi connectivity index (χ3n) is 7.97. The molecule has 2 aliphatic carbocycles. The maximum atomic E-state index is 12.8. The molecule has 14 heteroatoms. The summed E-state index contributed by atoms with van der Waals surface area (Å²) in [4.78, 5) is 25.9. The van der Waals surface area contributed by atoms with E-state index in [1.54, 1.807) is 9.80 Å². The summed E-state index contributed by atoms with van der Waals surface area (Å²) in [6.07, 6.45) is -3.46. The minimum Gasteiger partial charge on any atom is -0.348 e. The number of aromatic amines is 1. The molecule has 190 valence electrons. The quantitative estimate of drug-likeness (QED) is 0.647. The third-order valence-corrected chi connectivity index (χ3v) is 7.97. The summed E-state index contributed by atoms with van der Waals surface area (Å²) in [5.41, 5.74) is -0.889. The summed E-state index contributed by atoms with van der Waals surface area (Å²) >= 11 is 0. The topological polar surface area (TPSA) is 82.9 Å². The number of hydrogen-bond donors (Lipinski definition) is 1. The highest BCUT2D eigenvalue weighted by molar-refractivity contribution is 5.77. The van der Waals surface area contributed by atoms with Crippen LogP contribution in [0, 0.1) is 16.7 Å². The minimum atomic E-state index is -4.56. The number of halogens is 6. The first-order valence-electron chi connectivity index (χ1n) is 11.5. The maximum Gasteiger partial charge on any atom is 0.453 e. The number of nitrogens with one attached hydrogen (secondary N) is 1. The predicted octanol–water partition coefficient (Wildman–Crippen LogP) is 3.75. The lowest BCUT2D eigenvalue weighted by Crippen LogP contribution is -2.71. The van der Waals surface area contributed by atoms with Gasteiger partial charge in [-0.15, -0.1) is 5.10 Å². The van der Waals surface area contributed by atoms with Crippen LogP contribution in [0.4, 0.5) is 31.1 Å². The van der Waals surface area contributed by atoms with Crippen LogP contribution in [0.1, 0.15) is 49.1 Å². The predicted molar refractivity (Wildman–Crippen MR) is 107 cm³/mol. The standard InChI is InChI=1S/C21H23F6N7O/c22-20(23,24)14-6-28-15(30-14)1-12-2-18(3-12)7-32(8-18)17(35)33-9-19(10-33)4-13(5-19)34-11-29-16(31-34)21(25,26)27/h6,11-13H,1-5,7-10H2,(H,28,30). The van der Waals surface area contributed by atoms with Crippen molar-refractivity contribution in [2.24, 2.45) is 16.7 Å². The fourth-order valence-electron chi connectivity index (χ4n) is 6.42. The molecule has 0 bridgehead atoms. The molecular weight excluding hydrogens is 480 g/mol. The molecule has 2 saturated heterocycles. The number of imidazole rings is 1. The molecule has 2 aromatic rings. The zero-order chi connectivity index (χ0) is 24.8. The Labute approximate surface area is 195 Å². The molecule has 6 rings (SSSR count). The lowest BCUT2D eigenvalue weighted by Gasteiger charge is -2.63. The number of H-pyrrole nitrogens is 1. The maximum absolute atomic E-state index is 12.8. The van der Waals surface area contributed by atoms with E-state index in [0.717, 1.165) is 25.4 Å². The number of alkyl halides is 6. The van der Waals surface area contributed by atoms with E-state index >= 15 is 0 Å². The van der Waals surface area contributed by atoms with E-state index in [2.05, 4.69) is 20.1 Å². The molecule has 2 aliphatic heterocycles. The number of nitrogens with zero attached hydrogens (tertiary/aromatic N) is 6. The van der Waals surface area contributed by atoms with Crippen LogP contribution in [0.25, 0.3) is 0 Å². The largest absolute Gasteiger partial charge is 0.453 e. The Balaban J connectivity index is 0.926. The SMILES string of the molecule is O=C(N1CC2(CC(Cc3nc(C(F)(F)F)c[nH]3)C2)C1)N1CC2(CC(n3cnc(C(F)(F)F)n3)C2)C1. The van der Waals surface area contributed by atoms with Gasteiger partial charge in [0.25, 0.3) is 5.82 Å². The number of aromatic nitrogens is 5. The van der Waals surface area contributed by atoms with Gasteiger partial charge in [-0.1, -0.05) is 0 Å². The van der Waals surface area contributed by atoms with Crippen LogP contribution in [-0.4, -0.2) is 66.7 Å². The number of rotatable bonds is 3. The van der Waals surface area contributed by atoms with Crippen LogP contribution in [0.2, 0.25) is 0 Å². The molecular formula is C21H23F6N7O. The summed E-state index contributed by atoms with van der Waals surface area (Å²) in [5, 5.41) is 3.54. The molecule has 0 aromatic carbocycles. The van der Waals surface area contributed by atoms with E-state index < -0.39 is 23.9 Å². The van der Waals surface area contributed by atoms with Crippen molar-refractivity contribution in [2.45, 2.75) is 50.5 Å². The van der Waals surface area contributed by atoms with Gasteiger partial charge in [0, 0.05) is 49.6 Å². The summed E-state index contributed by atoms with van der Waals surface area (Å²) < 4.78 is 77.4. The van der Waals surface area contributed by atoms with Crippen LogP contribution in [-0.2, 0) is 18.8 Å². The van der Waals surface area contributed by atoms with Gasteiger partial charge >= 0.3 is 18.4 Å². The molecule has 1 N–H and O–H groups in total. The highest BCUT2D eigenvalue weighted by atomic mass is 19.4. The zero-order valence-electron chi connectivity index (χ0n) is 18.5. The average molecular weight is 503 g/mol. The highest BCUT2D eigenvalue weighted by Gasteiger charge is 2.58. The summed E-state index contributed by atoms with van der Waals surface area (Å²) in [6, 6.07) is -0.148. The van der Waals surface area contributed by atoms with Crippen LogP contribution < -0.4 is 0 Å². The van der Waals surface area contributed by atoms with Gasteiger partial charge < -0.3 is 14.8 Å². The lowest BCUT2D eigenvalue weighted by molar-refractivity contribution is -0.145. The Kier molecular flexibility index (Phi) is 4.61. The van der Waals surface area contributed by atoms with Crippen molar-refractivity contribution < 1.29 is 31.1 Å². The van der Waals surface area contributed by atoms with Gasteiger partial charge in [-0.3, -0.25) is 0 Å². The molecule has 8 nitrogen and oxygen atoms in total. The van der Waals surface area contributed by atoms with E-state index in [1.807, 2.05) is 0 Å². The Hall–Kier alpha value is -2.80.